The molecule has 3 nitrogen and oxygen atoms in total. The molecule has 0 unspecified atom stereocenters. The van der Waals surface area contributed by atoms with E-state index in [1.165, 1.54) is 31.2 Å². The van der Waals surface area contributed by atoms with Crippen molar-refractivity contribution in [2.45, 2.75) is 65.3 Å². The molecule has 23 heavy (non-hydrogen) atoms. The fraction of sp³-hybridized carbons (Fsp3) is 0.579. The fourth-order valence-electron chi connectivity index (χ4n) is 3.59. The van der Waals surface area contributed by atoms with Gasteiger partial charge in [0.25, 0.3) is 0 Å². The number of hydrogen-bond acceptors (Lipinski definition) is 4. The zero-order chi connectivity index (χ0) is 16.2. The molecule has 0 aromatic carbocycles. The summed E-state index contributed by atoms with van der Waals surface area (Å²) in [7, 11) is 0. The molecule has 0 fully saturated rings. The maximum Gasteiger partial charge on any atom is 0.148 e. The van der Waals surface area contributed by atoms with Gasteiger partial charge < -0.3 is 5.32 Å². The lowest BCUT2D eigenvalue weighted by molar-refractivity contribution is 0.372. The minimum absolute atomic E-state index is 0.386. The van der Waals surface area contributed by atoms with Crippen LogP contribution in [0, 0.1) is 5.92 Å². The van der Waals surface area contributed by atoms with Crippen molar-refractivity contribution in [1.29, 1.82) is 0 Å². The third-order valence-electron chi connectivity index (χ3n) is 4.88. The summed E-state index contributed by atoms with van der Waals surface area (Å²) in [6, 6.07) is 2.69. The van der Waals surface area contributed by atoms with E-state index in [-0.39, 0.29) is 0 Å². The highest BCUT2D eigenvalue weighted by Gasteiger charge is 2.30. The molecule has 0 saturated heterocycles. The van der Waals surface area contributed by atoms with Crippen molar-refractivity contribution in [3.63, 3.8) is 0 Å². The fourth-order valence-corrected chi connectivity index (χ4v) is 4.53. The molecule has 2 aromatic heterocycles. The van der Waals surface area contributed by atoms with Gasteiger partial charge in [0.15, 0.2) is 0 Å². The third-order valence-corrected chi connectivity index (χ3v) is 5.87. The van der Waals surface area contributed by atoms with E-state index < -0.39 is 0 Å². The van der Waals surface area contributed by atoms with Gasteiger partial charge in [-0.1, -0.05) is 27.2 Å². The maximum atomic E-state index is 4.84. The first-order valence-corrected chi connectivity index (χ1v) is 9.82. The predicted molar refractivity (Wildman–Crippen MR) is 98.2 cm³/mol. The van der Waals surface area contributed by atoms with Crippen LogP contribution in [-0.2, 0) is 19.3 Å². The van der Waals surface area contributed by atoms with Gasteiger partial charge in [-0.15, -0.1) is 11.3 Å². The molecule has 0 spiro atoms. The Morgan fingerprint density at radius 1 is 1.26 bits per heavy atom. The van der Waals surface area contributed by atoms with Gasteiger partial charge in [0.1, 0.15) is 5.82 Å². The van der Waals surface area contributed by atoms with Crippen LogP contribution in [0.2, 0.25) is 0 Å². The zero-order valence-corrected chi connectivity index (χ0v) is 15.2. The second-order valence-corrected chi connectivity index (χ2v) is 7.37. The van der Waals surface area contributed by atoms with E-state index in [9.17, 15) is 0 Å². The van der Waals surface area contributed by atoms with E-state index in [1.54, 1.807) is 4.88 Å². The molecule has 0 bridgehead atoms. The van der Waals surface area contributed by atoms with E-state index >= 15 is 0 Å². The lowest BCUT2D eigenvalue weighted by atomic mass is 9.81. The van der Waals surface area contributed by atoms with E-state index in [2.05, 4.69) is 42.5 Å². The van der Waals surface area contributed by atoms with Crippen molar-refractivity contribution in [1.82, 2.24) is 9.97 Å². The first kappa shape index (κ1) is 16.4. The number of nitrogens with one attached hydrogen (secondary N) is 1. The summed E-state index contributed by atoms with van der Waals surface area (Å²) >= 11 is 1.90. The molecule has 0 saturated carbocycles. The summed E-state index contributed by atoms with van der Waals surface area (Å²) in [5.41, 5.74) is 3.64. The molecule has 1 N–H and O–H groups in total. The van der Waals surface area contributed by atoms with Gasteiger partial charge in [0, 0.05) is 11.1 Å². The highest BCUT2D eigenvalue weighted by Crippen LogP contribution is 2.41. The highest BCUT2D eigenvalue weighted by atomic mass is 32.1. The summed E-state index contributed by atoms with van der Waals surface area (Å²) in [6.07, 6.45) is 8.79. The lowest BCUT2D eigenvalue weighted by Crippen LogP contribution is -2.27. The third kappa shape index (κ3) is 3.42. The average Bonchev–Trinajstić information content (AvgIpc) is 3.06. The zero-order valence-electron chi connectivity index (χ0n) is 14.4. The van der Waals surface area contributed by atoms with Crippen LogP contribution in [0.15, 0.2) is 17.6 Å². The SMILES string of the molecule is CCC[C@H]1CCc2sccc2[C@H]1Nc1nc(CC)cnc1CC. The Hall–Kier alpha value is -1.42. The predicted octanol–water partition coefficient (Wildman–Crippen LogP) is 5.18. The molecule has 0 aliphatic heterocycles. The molecule has 124 valence electrons. The van der Waals surface area contributed by atoms with Crippen LogP contribution in [0.1, 0.15) is 67.9 Å². The minimum Gasteiger partial charge on any atom is -0.361 e. The molecule has 1 aliphatic carbocycles. The van der Waals surface area contributed by atoms with Crippen molar-refractivity contribution in [2.75, 3.05) is 5.32 Å². The van der Waals surface area contributed by atoms with Gasteiger partial charge in [0.2, 0.25) is 0 Å². The topological polar surface area (TPSA) is 37.8 Å². The number of fused-ring (bicyclic) bond motifs is 1. The van der Waals surface area contributed by atoms with Crippen LogP contribution < -0.4 is 5.32 Å². The minimum atomic E-state index is 0.386. The Morgan fingerprint density at radius 2 is 2.13 bits per heavy atom. The Morgan fingerprint density at radius 3 is 2.87 bits per heavy atom. The van der Waals surface area contributed by atoms with E-state index in [1.807, 2.05) is 17.5 Å². The van der Waals surface area contributed by atoms with Crippen molar-refractivity contribution in [3.8, 4) is 0 Å². The van der Waals surface area contributed by atoms with E-state index in [0.29, 0.717) is 12.0 Å². The summed E-state index contributed by atoms with van der Waals surface area (Å²) in [5.74, 6) is 1.69. The second kappa shape index (κ2) is 7.43. The number of aryl methyl sites for hydroxylation is 3. The molecule has 0 amide bonds. The van der Waals surface area contributed by atoms with Crippen LogP contribution in [0.4, 0.5) is 5.82 Å². The summed E-state index contributed by atoms with van der Waals surface area (Å²) in [6.45, 7) is 6.58. The highest BCUT2D eigenvalue weighted by molar-refractivity contribution is 7.10. The standard InChI is InChI=1S/C19H27N3S/c1-4-7-13-8-9-17-15(10-11-23-17)18(13)22-19-16(6-3)20-12-14(5-2)21-19/h10-13,18H,4-9H2,1-3H3,(H,21,22)/t13-,18-/m0/s1. The van der Waals surface area contributed by atoms with Gasteiger partial charge in [-0.2, -0.15) is 0 Å². The van der Waals surface area contributed by atoms with Crippen LogP contribution in [-0.4, -0.2) is 9.97 Å². The quantitative estimate of drug-likeness (QED) is 0.793. The Bertz CT molecular complexity index is 650. The Labute approximate surface area is 143 Å². The smallest absolute Gasteiger partial charge is 0.148 e. The molecule has 2 aromatic rings. The molecule has 0 radical (unpaired) electrons. The number of aromatic nitrogens is 2. The van der Waals surface area contributed by atoms with Crippen LogP contribution in [0.25, 0.3) is 0 Å². The summed E-state index contributed by atoms with van der Waals surface area (Å²) < 4.78 is 0. The Kier molecular flexibility index (Phi) is 5.31. The van der Waals surface area contributed by atoms with E-state index in [4.69, 9.17) is 4.98 Å². The van der Waals surface area contributed by atoms with Gasteiger partial charge in [0.05, 0.1) is 17.4 Å². The number of hydrogen-bond donors (Lipinski definition) is 1. The number of nitrogens with zero attached hydrogens (tertiary/aromatic N) is 2. The Balaban J connectivity index is 1.93. The first-order valence-electron chi connectivity index (χ1n) is 8.94. The van der Waals surface area contributed by atoms with Crippen molar-refractivity contribution in [3.05, 3.63) is 39.5 Å². The maximum absolute atomic E-state index is 4.84. The largest absolute Gasteiger partial charge is 0.361 e. The van der Waals surface area contributed by atoms with Crippen LogP contribution in [0.5, 0.6) is 0 Å². The normalized spacial score (nSPS) is 20.3. The first-order chi connectivity index (χ1) is 11.3. The van der Waals surface area contributed by atoms with Gasteiger partial charge in [-0.05, 0) is 55.0 Å². The number of anilines is 1. The molecule has 4 heteroatoms. The molecule has 2 heterocycles. The number of thiophene rings is 1. The monoisotopic (exact) mass is 329 g/mol. The lowest BCUT2D eigenvalue weighted by Gasteiger charge is -2.33. The number of rotatable bonds is 6. The molecule has 2 atom stereocenters. The van der Waals surface area contributed by atoms with Crippen molar-refractivity contribution >= 4 is 17.2 Å². The van der Waals surface area contributed by atoms with E-state index in [0.717, 1.165) is 30.0 Å². The van der Waals surface area contributed by atoms with Gasteiger partial charge in [-0.3, -0.25) is 4.98 Å². The molecular weight excluding hydrogens is 302 g/mol. The molecule has 3 rings (SSSR count). The molecule has 1 aliphatic rings. The van der Waals surface area contributed by atoms with Crippen LogP contribution in [0.3, 0.4) is 0 Å². The second-order valence-electron chi connectivity index (χ2n) is 6.37. The summed E-state index contributed by atoms with van der Waals surface area (Å²) in [5, 5.41) is 6.02. The van der Waals surface area contributed by atoms with Gasteiger partial charge >= 0.3 is 0 Å². The molecular formula is C19H27N3S. The average molecular weight is 330 g/mol. The van der Waals surface area contributed by atoms with Crippen LogP contribution >= 0.6 is 11.3 Å². The van der Waals surface area contributed by atoms with Crippen molar-refractivity contribution in [2.24, 2.45) is 5.92 Å². The van der Waals surface area contributed by atoms with Crippen molar-refractivity contribution < 1.29 is 0 Å². The van der Waals surface area contributed by atoms with Gasteiger partial charge in [-0.25, -0.2) is 4.98 Å². The summed E-state index contributed by atoms with van der Waals surface area (Å²) in [4.78, 5) is 11.0.